The normalized spacial score (nSPS) is 23.0. The van der Waals surface area contributed by atoms with Crippen molar-refractivity contribution in [3.05, 3.63) is 23.8 Å². The summed E-state index contributed by atoms with van der Waals surface area (Å²) < 4.78 is 5.32. The first-order chi connectivity index (χ1) is 12.4. The summed E-state index contributed by atoms with van der Waals surface area (Å²) in [5.74, 6) is -1.36. The maximum Gasteiger partial charge on any atom is 0.249 e. The molecule has 4 amide bonds. The van der Waals surface area contributed by atoms with Crippen LogP contribution >= 0.6 is 0 Å². The van der Waals surface area contributed by atoms with Gasteiger partial charge in [0, 0.05) is 19.4 Å². The number of piperidine rings is 1. The topological polar surface area (TPSA) is 105 Å². The van der Waals surface area contributed by atoms with E-state index in [0.717, 1.165) is 5.56 Å². The van der Waals surface area contributed by atoms with Crippen LogP contribution in [0.3, 0.4) is 0 Å². The molecule has 8 heteroatoms. The molecule has 0 saturated carbocycles. The third kappa shape index (κ3) is 3.54. The number of hydrogen-bond donors (Lipinski definition) is 2. The van der Waals surface area contributed by atoms with E-state index in [1.165, 1.54) is 7.11 Å². The molecule has 2 fully saturated rings. The van der Waals surface area contributed by atoms with Gasteiger partial charge in [-0.3, -0.25) is 24.5 Å². The quantitative estimate of drug-likeness (QED) is 0.751. The fraction of sp³-hybridized carbons (Fsp3) is 0.444. The summed E-state index contributed by atoms with van der Waals surface area (Å²) in [6, 6.07) is 4.78. The van der Waals surface area contributed by atoms with Crippen molar-refractivity contribution in [3.63, 3.8) is 0 Å². The van der Waals surface area contributed by atoms with Crippen LogP contribution < -0.4 is 20.3 Å². The van der Waals surface area contributed by atoms with Crippen LogP contribution in [-0.4, -0.2) is 43.3 Å². The minimum atomic E-state index is -0.738. The van der Waals surface area contributed by atoms with Gasteiger partial charge in [-0.15, -0.1) is 0 Å². The van der Waals surface area contributed by atoms with Crippen LogP contribution in [0.5, 0.6) is 5.75 Å². The smallest absolute Gasteiger partial charge is 0.249 e. The standard InChI is InChI=1S/C18H21N3O5/c1-10-3-5-14(26-2)13(7-10)21-9-11(8-16(21)23)17(24)19-12-4-6-15(22)20-18(12)25/h3,5,7,11-12H,4,6,8-9H2,1-2H3,(H,19,24)(H,20,22,25). The predicted molar refractivity (Wildman–Crippen MR) is 92.5 cm³/mol. The van der Waals surface area contributed by atoms with E-state index in [1.807, 2.05) is 19.1 Å². The highest BCUT2D eigenvalue weighted by molar-refractivity contribution is 6.04. The first kappa shape index (κ1) is 17.9. The molecular formula is C18H21N3O5. The molecule has 2 aliphatic rings. The molecule has 0 aliphatic carbocycles. The highest BCUT2D eigenvalue weighted by Crippen LogP contribution is 2.34. The molecule has 26 heavy (non-hydrogen) atoms. The van der Waals surface area contributed by atoms with Crippen LogP contribution in [0.1, 0.15) is 24.8 Å². The van der Waals surface area contributed by atoms with Crippen LogP contribution in [-0.2, 0) is 19.2 Å². The van der Waals surface area contributed by atoms with Gasteiger partial charge in [0.25, 0.3) is 0 Å². The number of carbonyl (C=O) groups is 4. The number of aryl methyl sites for hydroxylation is 1. The number of nitrogens with one attached hydrogen (secondary N) is 2. The lowest BCUT2D eigenvalue weighted by molar-refractivity contribution is -0.138. The molecule has 2 unspecified atom stereocenters. The number of ether oxygens (including phenoxy) is 1. The lowest BCUT2D eigenvalue weighted by atomic mass is 10.0. The van der Waals surface area contributed by atoms with Crippen molar-refractivity contribution in [1.29, 1.82) is 0 Å². The summed E-state index contributed by atoms with van der Waals surface area (Å²) in [4.78, 5) is 49.4. The van der Waals surface area contributed by atoms with Crippen molar-refractivity contribution in [2.24, 2.45) is 5.92 Å². The van der Waals surface area contributed by atoms with Gasteiger partial charge in [-0.05, 0) is 31.0 Å². The first-order valence-electron chi connectivity index (χ1n) is 8.48. The average Bonchev–Trinajstić information content (AvgIpc) is 2.99. The minimum Gasteiger partial charge on any atom is -0.495 e. The van der Waals surface area contributed by atoms with Gasteiger partial charge in [-0.2, -0.15) is 0 Å². The Morgan fingerprint density at radius 2 is 2.08 bits per heavy atom. The van der Waals surface area contributed by atoms with E-state index in [9.17, 15) is 19.2 Å². The van der Waals surface area contributed by atoms with Crippen molar-refractivity contribution in [3.8, 4) is 5.75 Å². The van der Waals surface area contributed by atoms with Crippen molar-refractivity contribution in [1.82, 2.24) is 10.6 Å². The summed E-state index contributed by atoms with van der Waals surface area (Å²) in [5, 5.41) is 4.85. The molecule has 1 aromatic rings. The van der Waals surface area contributed by atoms with Crippen LogP contribution in [0.15, 0.2) is 18.2 Å². The third-order valence-corrected chi connectivity index (χ3v) is 4.68. The van der Waals surface area contributed by atoms with E-state index in [4.69, 9.17) is 4.74 Å². The van der Waals surface area contributed by atoms with Crippen molar-refractivity contribution in [2.45, 2.75) is 32.2 Å². The van der Waals surface area contributed by atoms with E-state index in [0.29, 0.717) is 11.4 Å². The van der Waals surface area contributed by atoms with Crippen molar-refractivity contribution in [2.75, 3.05) is 18.6 Å². The lowest BCUT2D eigenvalue weighted by Gasteiger charge is -2.23. The van der Waals surface area contributed by atoms with Gasteiger partial charge >= 0.3 is 0 Å². The number of carbonyl (C=O) groups excluding carboxylic acids is 4. The summed E-state index contributed by atoms with van der Waals surface area (Å²) in [6.45, 7) is 2.13. The number of imide groups is 1. The first-order valence-corrected chi connectivity index (χ1v) is 8.48. The highest BCUT2D eigenvalue weighted by atomic mass is 16.5. The zero-order valence-electron chi connectivity index (χ0n) is 14.7. The summed E-state index contributed by atoms with van der Waals surface area (Å²) in [7, 11) is 1.53. The Bertz CT molecular complexity index is 776. The molecule has 8 nitrogen and oxygen atoms in total. The third-order valence-electron chi connectivity index (χ3n) is 4.68. The van der Waals surface area contributed by atoms with E-state index < -0.39 is 17.9 Å². The Morgan fingerprint density at radius 3 is 2.77 bits per heavy atom. The zero-order valence-corrected chi connectivity index (χ0v) is 14.7. The van der Waals surface area contributed by atoms with Crippen LogP contribution in [0.4, 0.5) is 5.69 Å². The second-order valence-electron chi connectivity index (χ2n) is 6.59. The Hall–Kier alpha value is -2.90. The number of rotatable bonds is 4. The molecule has 2 heterocycles. The maximum absolute atomic E-state index is 12.5. The molecule has 2 atom stereocenters. The number of amides is 4. The van der Waals surface area contributed by atoms with Gasteiger partial charge in [-0.1, -0.05) is 6.07 Å². The molecule has 2 aliphatic heterocycles. The van der Waals surface area contributed by atoms with Gasteiger partial charge in [-0.25, -0.2) is 0 Å². The Kier molecular flexibility index (Phi) is 4.92. The number of anilines is 1. The second-order valence-corrected chi connectivity index (χ2v) is 6.59. The zero-order chi connectivity index (χ0) is 18.8. The highest BCUT2D eigenvalue weighted by Gasteiger charge is 2.38. The molecule has 138 valence electrons. The summed E-state index contributed by atoms with van der Waals surface area (Å²) in [5.41, 5.74) is 1.61. The van der Waals surface area contributed by atoms with Crippen LogP contribution in [0, 0.1) is 12.8 Å². The molecule has 2 N–H and O–H groups in total. The molecular weight excluding hydrogens is 338 g/mol. The Balaban J connectivity index is 1.70. The van der Waals surface area contributed by atoms with Crippen molar-refractivity contribution < 1.29 is 23.9 Å². The van der Waals surface area contributed by atoms with Crippen molar-refractivity contribution >= 4 is 29.3 Å². The fourth-order valence-electron chi connectivity index (χ4n) is 3.25. The molecule has 0 aromatic heterocycles. The fourth-order valence-corrected chi connectivity index (χ4v) is 3.25. The summed E-state index contributed by atoms with van der Waals surface area (Å²) >= 11 is 0. The van der Waals surface area contributed by atoms with Gasteiger partial charge in [0.05, 0.1) is 18.7 Å². The van der Waals surface area contributed by atoms with Gasteiger partial charge in [0.15, 0.2) is 0 Å². The molecule has 0 radical (unpaired) electrons. The molecule has 2 saturated heterocycles. The van der Waals surface area contributed by atoms with Gasteiger partial charge in [0.2, 0.25) is 23.6 Å². The van der Waals surface area contributed by atoms with Crippen LogP contribution in [0.25, 0.3) is 0 Å². The van der Waals surface area contributed by atoms with E-state index in [-0.39, 0.29) is 43.5 Å². The SMILES string of the molecule is COc1ccc(C)cc1N1CC(C(=O)NC2CCC(=O)NC2=O)CC1=O. The monoisotopic (exact) mass is 359 g/mol. The number of hydrogen-bond acceptors (Lipinski definition) is 5. The van der Waals surface area contributed by atoms with E-state index >= 15 is 0 Å². The minimum absolute atomic E-state index is 0.0657. The molecule has 0 bridgehead atoms. The Labute approximate surface area is 150 Å². The van der Waals surface area contributed by atoms with Crippen LogP contribution in [0.2, 0.25) is 0 Å². The molecule has 1 aromatic carbocycles. The number of nitrogens with zero attached hydrogens (tertiary/aromatic N) is 1. The largest absolute Gasteiger partial charge is 0.495 e. The van der Waals surface area contributed by atoms with E-state index in [1.54, 1.807) is 11.0 Å². The predicted octanol–water partition coefficient (Wildman–Crippen LogP) is 0.278. The maximum atomic E-state index is 12.5. The van der Waals surface area contributed by atoms with E-state index in [2.05, 4.69) is 10.6 Å². The second kappa shape index (κ2) is 7.15. The molecule has 3 rings (SSSR count). The number of benzene rings is 1. The average molecular weight is 359 g/mol. The Morgan fingerprint density at radius 1 is 1.31 bits per heavy atom. The van der Waals surface area contributed by atoms with Gasteiger partial charge < -0.3 is 15.0 Å². The molecule has 0 spiro atoms. The number of methoxy groups -OCH3 is 1. The summed E-state index contributed by atoms with van der Waals surface area (Å²) in [6.07, 6.45) is 0.523. The van der Waals surface area contributed by atoms with Gasteiger partial charge in [0.1, 0.15) is 11.8 Å². The lowest BCUT2D eigenvalue weighted by Crippen LogP contribution is -2.53.